The molecule has 5 nitrogen and oxygen atoms in total. The molecule has 0 aliphatic carbocycles. The van der Waals surface area contributed by atoms with Gasteiger partial charge < -0.3 is 4.74 Å². The van der Waals surface area contributed by atoms with E-state index < -0.39 is 0 Å². The number of rotatable bonds is 2. The van der Waals surface area contributed by atoms with Gasteiger partial charge in [0.2, 0.25) is 5.88 Å². The predicted octanol–water partition coefficient (Wildman–Crippen LogP) is 1.72. The topological polar surface area (TPSA) is 59.4 Å². The van der Waals surface area contributed by atoms with Crippen LogP contribution in [0, 0.1) is 0 Å². The van der Waals surface area contributed by atoms with Crippen LogP contribution in [-0.4, -0.2) is 21.2 Å². The van der Waals surface area contributed by atoms with Crippen molar-refractivity contribution in [3.8, 4) is 5.88 Å². The minimum atomic E-state index is -0.158. The molecule has 2 aromatic rings. The molecule has 0 amide bonds. The summed E-state index contributed by atoms with van der Waals surface area (Å²) in [5.41, 5.74) is 1.35. The zero-order chi connectivity index (χ0) is 12.6. The lowest BCUT2D eigenvalue weighted by molar-refractivity contribution is 0.326. The first-order valence-corrected chi connectivity index (χ1v) is 5.68. The summed E-state index contributed by atoms with van der Waals surface area (Å²) >= 11 is 0. The molecule has 0 radical (unpaired) electrons. The van der Waals surface area contributed by atoms with Gasteiger partial charge in [-0.05, 0) is 6.92 Å². The van der Waals surface area contributed by atoms with Crippen LogP contribution >= 0.6 is 0 Å². The molecule has 5 heteroatoms. The van der Waals surface area contributed by atoms with Crippen molar-refractivity contribution >= 4 is 5.65 Å². The molecule has 0 atom stereocenters. The van der Waals surface area contributed by atoms with Crippen molar-refractivity contribution in [2.75, 3.05) is 6.61 Å². The molecule has 0 aliphatic heterocycles. The molecule has 0 bridgehead atoms. The zero-order valence-electron chi connectivity index (χ0n) is 10.6. The SMILES string of the molecule is CCOc1cc(=O)n2[nH]c(C(C)(C)C)cc2n1. The first kappa shape index (κ1) is 11.7. The molecule has 0 saturated heterocycles. The van der Waals surface area contributed by atoms with Gasteiger partial charge in [-0.3, -0.25) is 9.89 Å². The minimum absolute atomic E-state index is 0.0497. The number of ether oxygens (including phenoxy) is 1. The second-order valence-electron chi connectivity index (χ2n) is 4.98. The van der Waals surface area contributed by atoms with Gasteiger partial charge in [0.05, 0.1) is 12.7 Å². The number of aromatic nitrogens is 3. The maximum Gasteiger partial charge on any atom is 0.276 e. The molecule has 0 aliphatic rings. The standard InChI is InChI=1S/C12H17N3O2/c1-5-17-10-7-11(16)15-9(13-10)6-8(14-15)12(2,3)4/h6-7,14H,5H2,1-4H3. The van der Waals surface area contributed by atoms with Gasteiger partial charge in [-0.1, -0.05) is 20.8 Å². The van der Waals surface area contributed by atoms with Crippen molar-refractivity contribution < 1.29 is 4.74 Å². The third kappa shape index (κ3) is 2.18. The third-order valence-electron chi connectivity index (χ3n) is 2.53. The maximum absolute atomic E-state index is 11.8. The second-order valence-corrected chi connectivity index (χ2v) is 4.98. The molecule has 17 heavy (non-hydrogen) atoms. The van der Waals surface area contributed by atoms with E-state index in [2.05, 4.69) is 30.9 Å². The highest BCUT2D eigenvalue weighted by Crippen LogP contribution is 2.21. The van der Waals surface area contributed by atoms with Crippen molar-refractivity contribution in [1.29, 1.82) is 0 Å². The van der Waals surface area contributed by atoms with E-state index in [1.165, 1.54) is 10.6 Å². The second kappa shape index (κ2) is 3.91. The summed E-state index contributed by atoms with van der Waals surface area (Å²) in [5.74, 6) is 0.372. The summed E-state index contributed by atoms with van der Waals surface area (Å²) in [7, 11) is 0. The Labute approximate surface area is 99.4 Å². The number of nitrogens with zero attached hydrogens (tertiary/aromatic N) is 2. The van der Waals surface area contributed by atoms with Crippen LogP contribution in [0.3, 0.4) is 0 Å². The molecule has 2 rings (SSSR count). The van der Waals surface area contributed by atoms with Crippen LogP contribution < -0.4 is 10.3 Å². The fourth-order valence-electron chi connectivity index (χ4n) is 1.58. The van der Waals surface area contributed by atoms with E-state index in [-0.39, 0.29) is 11.0 Å². The number of hydrogen-bond donors (Lipinski definition) is 1. The summed E-state index contributed by atoms with van der Waals surface area (Å²) in [4.78, 5) is 16.1. The van der Waals surface area contributed by atoms with E-state index in [4.69, 9.17) is 4.74 Å². The van der Waals surface area contributed by atoms with Crippen LogP contribution in [0.4, 0.5) is 0 Å². The Balaban J connectivity index is 2.61. The Hall–Kier alpha value is -1.78. The summed E-state index contributed by atoms with van der Waals surface area (Å²) in [5, 5.41) is 3.06. The van der Waals surface area contributed by atoms with Gasteiger partial charge in [-0.25, -0.2) is 4.52 Å². The number of nitrogens with one attached hydrogen (secondary N) is 1. The molecule has 0 saturated carbocycles. The number of H-pyrrole nitrogens is 1. The van der Waals surface area contributed by atoms with E-state index in [9.17, 15) is 4.79 Å². The molecule has 0 fully saturated rings. The Kier molecular flexibility index (Phi) is 2.69. The Bertz CT molecular complexity index is 590. The fourth-order valence-corrected chi connectivity index (χ4v) is 1.58. The van der Waals surface area contributed by atoms with Crippen LogP contribution in [0.25, 0.3) is 5.65 Å². The van der Waals surface area contributed by atoms with Crippen molar-refractivity contribution in [2.45, 2.75) is 33.1 Å². The zero-order valence-corrected chi connectivity index (χ0v) is 10.6. The van der Waals surface area contributed by atoms with Crippen LogP contribution in [0.15, 0.2) is 16.9 Å². The summed E-state index contributed by atoms with van der Waals surface area (Å²) in [6.45, 7) is 8.59. The van der Waals surface area contributed by atoms with Crippen molar-refractivity contribution in [3.05, 3.63) is 28.2 Å². The number of aromatic amines is 1. The molecule has 0 aromatic carbocycles. The Morgan fingerprint density at radius 1 is 1.41 bits per heavy atom. The van der Waals surface area contributed by atoms with Crippen LogP contribution in [-0.2, 0) is 5.41 Å². The average molecular weight is 235 g/mol. The molecular formula is C12H17N3O2. The summed E-state index contributed by atoms with van der Waals surface area (Å²) in [6, 6.07) is 3.27. The van der Waals surface area contributed by atoms with Gasteiger partial charge in [0.15, 0.2) is 5.65 Å². The monoisotopic (exact) mass is 235 g/mol. The summed E-state index contributed by atoms with van der Waals surface area (Å²) in [6.07, 6.45) is 0. The fraction of sp³-hybridized carbons (Fsp3) is 0.500. The molecule has 0 unspecified atom stereocenters. The highest BCUT2D eigenvalue weighted by atomic mass is 16.5. The van der Waals surface area contributed by atoms with Crippen LogP contribution in [0.5, 0.6) is 5.88 Å². The van der Waals surface area contributed by atoms with Gasteiger partial charge in [-0.15, -0.1) is 0 Å². The average Bonchev–Trinajstić information content (AvgIpc) is 2.61. The van der Waals surface area contributed by atoms with Gasteiger partial charge in [0, 0.05) is 17.2 Å². The van der Waals surface area contributed by atoms with E-state index in [0.29, 0.717) is 18.1 Å². The van der Waals surface area contributed by atoms with E-state index in [0.717, 1.165) is 5.69 Å². The third-order valence-corrected chi connectivity index (χ3v) is 2.53. The smallest absolute Gasteiger partial charge is 0.276 e. The van der Waals surface area contributed by atoms with Gasteiger partial charge in [-0.2, -0.15) is 4.98 Å². The lowest BCUT2D eigenvalue weighted by atomic mass is 9.93. The molecule has 0 spiro atoms. The first-order valence-electron chi connectivity index (χ1n) is 5.68. The van der Waals surface area contributed by atoms with Gasteiger partial charge in [0.1, 0.15) is 0 Å². The minimum Gasteiger partial charge on any atom is -0.478 e. The Morgan fingerprint density at radius 2 is 2.12 bits per heavy atom. The number of fused-ring (bicyclic) bond motifs is 1. The van der Waals surface area contributed by atoms with E-state index >= 15 is 0 Å². The highest BCUT2D eigenvalue weighted by molar-refractivity contribution is 5.42. The van der Waals surface area contributed by atoms with E-state index in [1.807, 2.05) is 13.0 Å². The first-order chi connectivity index (χ1) is 7.91. The molecule has 2 aromatic heterocycles. The van der Waals surface area contributed by atoms with Crippen molar-refractivity contribution in [2.24, 2.45) is 0 Å². The molecular weight excluding hydrogens is 218 g/mol. The highest BCUT2D eigenvalue weighted by Gasteiger charge is 2.17. The van der Waals surface area contributed by atoms with Crippen LogP contribution in [0.1, 0.15) is 33.4 Å². The van der Waals surface area contributed by atoms with Gasteiger partial charge in [0.25, 0.3) is 5.56 Å². The van der Waals surface area contributed by atoms with Gasteiger partial charge >= 0.3 is 0 Å². The maximum atomic E-state index is 11.8. The van der Waals surface area contributed by atoms with Crippen molar-refractivity contribution in [3.63, 3.8) is 0 Å². The summed E-state index contributed by atoms with van der Waals surface area (Å²) < 4.78 is 6.68. The lowest BCUT2D eigenvalue weighted by Gasteiger charge is -2.14. The number of hydrogen-bond acceptors (Lipinski definition) is 3. The predicted molar refractivity (Wildman–Crippen MR) is 65.7 cm³/mol. The molecule has 1 N–H and O–H groups in total. The van der Waals surface area contributed by atoms with E-state index in [1.54, 1.807) is 0 Å². The molecule has 92 valence electrons. The normalized spacial score (nSPS) is 12.0. The Morgan fingerprint density at radius 3 is 2.71 bits per heavy atom. The van der Waals surface area contributed by atoms with Crippen LogP contribution in [0.2, 0.25) is 0 Å². The largest absolute Gasteiger partial charge is 0.478 e. The van der Waals surface area contributed by atoms with Crippen molar-refractivity contribution in [1.82, 2.24) is 14.6 Å². The molecule has 2 heterocycles. The lowest BCUT2D eigenvalue weighted by Crippen LogP contribution is -2.17. The quantitative estimate of drug-likeness (QED) is 0.862.